The van der Waals surface area contributed by atoms with Crippen LogP contribution in [0.4, 0.5) is 0 Å². The van der Waals surface area contributed by atoms with Crippen LogP contribution in [0.25, 0.3) is 17.0 Å². The average Bonchev–Trinajstić information content (AvgIpc) is 3.29. The first-order valence-electron chi connectivity index (χ1n) is 11.3. The second kappa shape index (κ2) is 12.2. The number of benzene rings is 1. The molecular weight excluding hydrogens is 508 g/mol. The summed E-state index contributed by atoms with van der Waals surface area (Å²) in [5.74, 6) is -4.14. The molecule has 1 aromatic heterocycles. The van der Waals surface area contributed by atoms with E-state index in [0.29, 0.717) is 16.5 Å². The number of rotatable bonds is 9. The lowest BCUT2D eigenvalue weighted by Gasteiger charge is -2.44. The molecule has 3 rings (SSSR count). The van der Waals surface area contributed by atoms with E-state index in [4.69, 9.17) is 37.9 Å². The first-order chi connectivity index (χ1) is 18.0. The lowest BCUT2D eigenvalue weighted by Crippen LogP contribution is -2.63. The zero-order chi connectivity index (χ0) is 28.0. The molecular formula is C25H26O13. The Labute approximate surface area is 216 Å². The van der Waals surface area contributed by atoms with Gasteiger partial charge in [-0.05, 0) is 24.3 Å². The third-order valence-electron chi connectivity index (χ3n) is 5.20. The number of fused-ring (bicyclic) bond motifs is 1. The zero-order valence-corrected chi connectivity index (χ0v) is 20.9. The molecule has 1 aliphatic rings. The average molecular weight is 534 g/mol. The van der Waals surface area contributed by atoms with Gasteiger partial charge in [0.2, 0.25) is 12.4 Å². The van der Waals surface area contributed by atoms with E-state index in [9.17, 15) is 24.0 Å². The minimum absolute atomic E-state index is 0.0923. The smallest absolute Gasteiger partial charge is 0.328 e. The number of carboxylic acid groups (broad SMARTS) is 1. The van der Waals surface area contributed by atoms with Gasteiger partial charge in [0.1, 0.15) is 24.0 Å². The number of carbonyl (C=O) groups is 5. The third-order valence-corrected chi connectivity index (χ3v) is 5.20. The second-order valence-electron chi connectivity index (χ2n) is 8.17. The number of ether oxygens (including phenoxy) is 6. The molecule has 1 saturated heterocycles. The summed E-state index contributed by atoms with van der Waals surface area (Å²) in [7, 11) is 0. The summed E-state index contributed by atoms with van der Waals surface area (Å²) in [6.07, 6.45) is -3.42. The number of carbonyl (C=O) groups excluding carboxylic acids is 4. The van der Waals surface area contributed by atoms with Crippen molar-refractivity contribution in [2.75, 3.05) is 6.61 Å². The Morgan fingerprint density at radius 2 is 1.50 bits per heavy atom. The van der Waals surface area contributed by atoms with Crippen molar-refractivity contribution in [2.24, 2.45) is 0 Å². The summed E-state index contributed by atoms with van der Waals surface area (Å²) >= 11 is 0. The molecule has 1 aliphatic heterocycles. The summed E-state index contributed by atoms with van der Waals surface area (Å²) in [6, 6.07) is 4.69. The van der Waals surface area contributed by atoms with Gasteiger partial charge in [0.05, 0.1) is 11.6 Å². The van der Waals surface area contributed by atoms with Crippen molar-refractivity contribution in [1.82, 2.24) is 0 Å². The molecule has 0 spiro atoms. The van der Waals surface area contributed by atoms with Gasteiger partial charge in [-0.3, -0.25) is 19.2 Å². The van der Waals surface area contributed by atoms with Crippen molar-refractivity contribution in [3.8, 4) is 5.75 Å². The predicted molar refractivity (Wildman–Crippen MR) is 125 cm³/mol. The highest BCUT2D eigenvalue weighted by molar-refractivity contribution is 5.91. The fraction of sp³-hybridized carbons (Fsp3) is 0.400. The van der Waals surface area contributed by atoms with E-state index >= 15 is 0 Å². The first kappa shape index (κ1) is 28.2. The van der Waals surface area contributed by atoms with Crippen molar-refractivity contribution < 1.29 is 61.9 Å². The van der Waals surface area contributed by atoms with Crippen LogP contribution in [-0.4, -0.2) is 72.3 Å². The molecule has 0 amide bonds. The Morgan fingerprint density at radius 3 is 2.11 bits per heavy atom. The molecule has 2 aromatic rings. The fourth-order valence-corrected chi connectivity index (χ4v) is 3.86. The maximum atomic E-state index is 12.0. The lowest BCUT2D eigenvalue weighted by atomic mass is 9.98. The summed E-state index contributed by atoms with van der Waals surface area (Å²) in [4.78, 5) is 58.6. The molecule has 5 unspecified atom stereocenters. The first-order valence-corrected chi connectivity index (χ1v) is 11.3. The van der Waals surface area contributed by atoms with Crippen LogP contribution in [0.15, 0.2) is 35.0 Å². The minimum atomic E-state index is -1.51. The quantitative estimate of drug-likeness (QED) is 0.281. The third kappa shape index (κ3) is 7.09. The van der Waals surface area contributed by atoms with Crippen molar-refractivity contribution in [3.05, 3.63) is 36.1 Å². The number of carboxylic acids is 1. The Kier molecular flexibility index (Phi) is 9.07. The maximum absolute atomic E-state index is 12.0. The van der Waals surface area contributed by atoms with Crippen LogP contribution in [0.5, 0.6) is 5.75 Å². The number of esters is 4. The van der Waals surface area contributed by atoms with Crippen LogP contribution in [-0.2, 0) is 47.7 Å². The van der Waals surface area contributed by atoms with E-state index in [0.717, 1.165) is 33.8 Å². The van der Waals surface area contributed by atoms with Crippen molar-refractivity contribution in [2.45, 2.75) is 58.4 Å². The lowest BCUT2D eigenvalue weighted by molar-refractivity contribution is -0.288. The predicted octanol–water partition coefficient (Wildman–Crippen LogP) is 1.99. The van der Waals surface area contributed by atoms with Gasteiger partial charge in [-0.15, -0.1) is 0 Å². The SMILES string of the molecule is CC(=O)OCC1OC(Oc2c(C=CC(=O)O)ccc3occc23)C(OC(C)=O)C(OC(C)=O)C1OC(C)=O. The van der Waals surface area contributed by atoms with Crippen LogP contribution in [0, 0.1) is 0 Å². The molecule has 2 heterocycles. The van der Waals surface area contributed by atoms with Crippen LogP contribution < -0.4 is 4.74 Å². The van der Waals surface area contributed by atoms with Gasteiger partial charge in [0, 0.05) is 39.3 Å². The van der Waals surface area contributed by atoms with E-state index < -0.39 is 67.2 Å². The molecule has 0 bridgehead atoms. The largest absolute Gasteiger partial charge is 0.478 e. The van der Waals surface area contributed by atoms with Crippen LogP contribution in [0.2, 0.25) is 0 Å². The van der Waals surface area contributed by atoms with Gasteiger partial charge in [0.15, 0.2) is 12.2 Å². The number of furan rings is 1. The highest BCUT2D eigenvalue weighted by atomic mass is 16.7. The molecule has 13 nitrogen and oxygen atoms in total. The summed E-state index contributed by atoms with van der Waals surface area (Å²) in [6.45, 7) is 4.04. The van der Waals surface area contributed by atoms with Crippen molar-refractivity contribution in [1.29, 1.82) is 0 Å². The standard InChI is InChI=1S/C25H26O13/c1-12(26)33-11-19-22(34-13(2)27)23(35-14(3)28)24(36-15(4)29)25(37-19)38-21-16(6-8-20(30)31)5-7-18-17(21)9-10-32-18/h5-10,19,22-25H,11H2,1-4H3,(H,30,31). The number of hydrogen-bond acceptors (Lipinski definition) is 12. The normalized spacial score (nSPS) is 23.0. The Hall–Kier alpha value is -4.39. The molecule has 204 valence electrons. The Morgan fingerprint density at radius 1 is 0.868 bits per heavy atom. The van der Waals surface area contributed by atoms with Gasteiger partial charge in [-0.25, -0.2) is 4.79 Å². The van der Waals surface area contributed by atoms with Gasteiger partial charge >= 0.3 is 29.8 Å². The minimum Gasteiger partial charge on any atom is -0.478 e. The van der Waals surface area contributed by atoms with E-state index in [2.05, 4.69) is 0 Å². The van der Waals surface area contributed by atoms with Crippen LogP contribution in [0.3, 0.4) is 0 Å². The van der Waals surface area contributed by atoms with Crippen molar-refractivity contribution >= 4 is 46.9 Å². The summed E-state index contributed by atoms with van der Waals surface area (Å²) < 4.78 is 38.7. The van der Waals surface area contributed by atoms with Gasteiger partial charge < -0.3 is 37.9 Å². The van der Waals surface area contributed by atoms with E-state index in [-0.39, 0.29) is 5.75 Å². The van der Waals surface area contributed by atoms with Crippen LogP contribution >= 0.6 is 0 Å². The number of aliphatic carboxylic acids is 1. The molecule has 1 N–H and O–H groups in total. The molecule has 0 saturated carbocycles. The topological polar surface area (TPSA) is 174 Å². The molecule has 0 radical (unpaired) electrons. The molecule has 1 fully saturated rings. The van der Waals surface area contributed by atoms with E-state index in [1.54, 1.807) is 12.1 Å². The summed E-state index contributed by atoms with van der Waals surface area (Å²) in [5, 5.41) is 9.52. The molecule has 5 atom stereocenters. The number of hydrogen-bond donors (Lipinski definition) is 1. The molecule has 0 aliphatic carbocycles. The highest BCUT2D eigenvalue weighted by Crippen LogP contribution is 2.36. The monoisotopic (exact) mass is 534 g/mol. The molecule has 38 heavy (non-hydrogen) atoms. The Balaban J connectivity index is 2.12. The van der Waals surface area contributed by atoms with Crippen LogP contribution in [0.1, 0.15) is 33.3 Å². The molecule has 13 heteroatoms. The highest BCUT2D eigenvalue weighted by Gasteiger charge is 2.53. The maximum Gasteiger partial charge on any atom is 0.328 e. The van der Waals surface area contributed by atoms with E-state index in [1.165, 1.54) is 18.4 Å². The molecule has 1 aromatic carbocycles. The second-order valence-corrected chi connectivity index (χ2v) is 8.17. The fourth-order valence-electron chi connectivity index (χ4n) is 3.86. The summed E-state index contributed by atoms with van der Waals surface area (Å²) in [5.41, 5.74) is 0.687. The van der Waals surface area contributed by atoms with Gasteiger partial charge in [0.25, 0.3) is 0 Å². The Bertz CT molecular complexity index is 1240. The zero-order valence-electron chi connectivity index (χ0n) is 20.9. The van der Waals surface area contributed by atoms with Gasteiger partial charge in [-0.2, -0.15) is 0 Å². The van der Waals surface area contributed by atoms with Gasteiger partial charge in [-0.1, -0.05) is 0 Å². The van der Waals surface area contributed by atoms with E-state index in [1.807, 2.05) is 0 Å². The van der Waals surface area contributed by atoms with Crippen molar-refractivity contribution in [3.63, 3.8) is 0 Å².